The number of furan rings is 1. The van der Waals surface area contributed by atoms with Crippen LogP contribution in [0, 0.1) is 13.8 Å². The molecule has 0 spiro atoms. The van der Waals surface area contributed by atoms with Gasteiger partial charge in [-0.3, -0.25) is 9.59 Å². The molecule has 1 amide bonds. The standard InChI is InChI=1S/C17H16F3NO5/c1-9-5-11(3-4-12(9)26-8-17(18,19)20)21-16(24)15-10(2)7-25-13(15)6-14(22)23/h3-5,7H,6,8H2,1-2H3,(H,21,24)(H,22,23). The minimum Gasteiger partial charge on any atom is -0.484 e. The van der Waals surface area contributed by atoms with Crippen molar-refractivity contribution in [2.24, 2.45) is 0 Å². The monoisotopic (exact) mass is 371 g/mol. The fraction of sp³-hybridized carbons (Fsp3) is 0.294. The molecule has 140 valence electrons. The highest BCUT2D eigenvalue weighted by Crippen LogP contribution is 2.26. The Morgan fingerprint density at radius 1 is 1.23 bits per heavy atom. The second-order valence-electron chi connectivity index (χ2n) is 5.63. The van der Waals surface area contributed by atoms with Crippen LogP contribution in [0.25, 0.3) is 0 Å². The number of alkyl halides is 3. The maximum atomic E-state index is 12.4. The van der Waals surface area contributed by atoms with Gasteiger partial charge in [-0.2, -0.15) is 13.2 Å². The number of aryl methyl sites for hydroxylation is 2. The van der Waals surface area contributed by atoms with Gasteiger partial charge in [0.25, 0.3) is 5.91 Å². The fourth-order valence-electron chi connectivity index (χ4n) is 2.31. The first-order valence-corrected chi connectivity index (χ1v) is 7.47. The van der Waals surface area contributed by atoms with Gasteiger partial charge in [0, 0.05) is 11.3 Å². The van der Waals surface area contributed by atoms with Crippen LogP contribution in [0.1, 0.15) is 27.2 Å². The lowest BCUT2D eigenvalue weighted by Gasteiger charge is -2.13. The predicted octanol–water partition coefficient (Wildman–Crippen LogP) is 3.72. The number of carboxylic acid groups (broad SMARTS) is 1. The van der Waals surface area contributed by atoms with Crippen LogP contribution in [0.2, 0.25) is 0 Å². The molecular formula is C17H16F3NO5. The number of ether oxygens (including phenoxy) is 1. The lowest BCUT2D eigenvalue weighted by Crippen LogP contribution is -2.19. The van der Waals surface area contributed by atoms with E-state index >= 15 is 0 Å². The second kappa shape index (κ2) is 7.51. The van der Waals surface area contributed by atoms with Gasteiger partial charge in [-0.1, -0.05) is 0 Å². The Bertz CT molecular complexity index is 826. The summed E-state index contributed by atoms with van der Waals surface area (Å²) in [6, 6.07) is 4.16. The maximum absolute atomic E-state index is 12.4. The summed E-state index contributed by atoms with van der Waals surface area (Å²) in [5.74, 6) is -1.65. The van der Waals surface area contributed by atoms with Gasteiger partial charge in [0.05, 0.1) is 11.8 Å². The number of rotatable bonds is 6. The van der Waals surface area contributed by atoms with Gasteiger partial charge in [0.15, 0.2) is 6.61 Å². The lowest BCUT2D eigenvalue weighted by atomic mass is 10.1. The molecule has 0 fully saturated rings. The summed E-state index contributed by atoms with van der Waals surface area (Å²) in [6.07, 6.45) is -3.61. The number of halogens is 3. The molecular weight excluding hydrogens is 355 g/mol. The number of anilines is 1. The molecule has 0 aliphatic carbocycles. The number of carboxylic acids is 1. The van der Waals surface area contributed by atoms with Crippen molar-refractivity contribution in [1.82, 2.24) is 0 Å². The summed E-state index contributed by atoms with van der Waals surface area (Å²) >= 11 is 0. The number of carbonyl (C=O) groups excluding carboxylic acids is 1. The highest BCUT2D eigenvalue weighted by atomic mass is 19.4. The van der Waals surface area contributed by atoms with Crippen LogP contribution in [-0.2, 0) is 11.2 Å². The molecule has 9 heteroatoms. The zero-order chi connectivity index (χ0) is 19.5. The third-order valence-electron chi connectivity index (χ3n) is 3.41. The van der Waals surface area contributed by atoms with Crippen molar-refractivity contribution in [3.05, 3.63) is 46.9 Å². The van der Waals surface area contributed by atoms with Crippen molar-refractivity contribution in [3.63, 3.8) is 0 Å². The highest BCUT2D eigenvalue weighted by Gasteiger charge is 2.28. The Morgan fingerprint density at radius 3 is 2.50 bits per heavy atom. The van der Waals surface area contributed by atoms with E-state index in [4.69, 9.17) is 14.3 Å². The molecule has 1 aromatic heterocycles. The van der Waals surface area contributed by atoms with Crippen LogP contribution in [0.3, 0.4) is 0 Å². The smallest absolute Gasteiger partial charge is 0.422 e. The molecule has 0 bridgehead atoms. The molecule has 2 N–H and O–H groups in total. The minimum atomic E-state index is -4.45. The third-order valence-corrected chi connectivity index (χ3v) is 3.41. The molecule has 0 saturated heterocycles. The van der Waals surface area contributed by atoms with Crippen molar-refractivity contribution in [2.75, 3.05) is 11.9 Å². The lowest BCUT2D eigenvalue weighted by molar-refractivity contribution is -0.153. The SMILES string of the molecule is Cc1cc(NC(=O)c2c(C)coc2CC(=O)O)ccc1OCC(F)(F)F. The van der Waals surface area contributed by atoms with E-state index in [1.807, 2.05) is 0 Å². The Hall–Kier alpha value is -2.97. The van der Waals surface area contributed by atoms with Gasteiger partial charge in [-0.15, -0.1) is 0 Å². The Morgan fingerprint density at radius 2 is 1.92 bits per heavy atom. The van der Waals surface area contributed by atoms with Crippen LogP contribution < -0.4 is 10.1 Å². The van der Waals surface area contributed by atoms with Crippen LogP contribution in [0.5, 0.6) is 5.75 Å². The second-order valence-corrected chi connectivity index (χ2v) is 5.63. The largest absolute Gasteiger partial charge is 0.484 e. The van der Waals surface area contributed by atoms with Crippen molar-refractivity contribution in [2.45, 2.75) is 26.4 Å². The van der Waals surface area contributed by atoms with Gasteiger partial charge in [-0.05, 0) is 37.6 Å². The molecule has 2 rings (SSSR count). The Balaban J connectivity index is 2.14. The van der Waals surface area contributed by atoms with Crippen LogP contribution in [-0.4, -0.2) is 29.8 Å². The Labute approximate surface area is 146 Å². The molecule has 0 unspecified atom stereocenters. The number of aliphatic carboxylic acids is 1. The van der Waals surface area contributed by atoms with Gasteiger partial charge in [0.2, 0.25) is 0 Å². The van der Waals surface area contributed by atoms with E-state index in [0.29, 0.717) is 16.8 Å². The van der Waals surface area contributed by atoms with Crippen molar-refractivity contribution in [1.29, 1.82) is 0 Å². The average Bonchev–Trinajstić information content (AvgIpc) is 2.85. The molecule has 1 heterocycles. The number of amides is 1. The summed E-state index contributed by atoms with van der Waals surface area (Å²) in [4.78, 5) is 23.2. The molecule has 0 atom stereocenters. The highest BCUT2D eigenvalue weighted by molar-refractivity contribution is 6.06. The van der Waals surface area contributed by atoms with Gasteiger partial charge in [0.1, 0.15) is 17.9 Å². The van der Waals surface area contributed by atoms with Gasteiger partial charge < -0.3 is 19.6 Å². The zero-order valence-corrected chi connectivity index (χ0v) is 13.9. The van der Waals surface area contributed by atoms with Gasteiger partial charge in [-0.25, -0.2) is 0 Å². The van der Waals surface area contributed by atoms with E-state index in [2.05, 4.69) is 5.32 Å². The van der Waals surface area contributed by atoms with Crippen LogP contribution in [0.15, 0.2) is 28.9 Å². The van der Waals surface area contributed by atoms with Gasteiger partial charge >= 0.3 is 12.1 Å². The first-order valence-electron chi connectivity index (χ1n) is 7.47. The number of hydrogen-bond acceptors (Lipinski definition) is 4. The summed E-state index contributed by atoms with van der Waals surface area (Å²) in [5, 5.41) is 11.4. The van der Waals surface area contributed by atoms with E-state index in [0.717, 1.165) is 0 Å². The number of hydrogen-bond donors (Lipinski definition) is 2. The van der Waals surface area contributed by atoms with Crippen molar-refractivity contribution >= 4 is 17.6 Å². The first-order chi connectivity index (χ1) is 12.1. The molecule has 2 aromatic rings. The first kappa shape index (κ1) is 19.4. The summed E-state index contributed by atoms with van der Waals surface area (Å²) in [7, 11) is 0. The van der Waals surface area contributed by atoms with E-state index in [9.17, 15) is 22.8 Å². The number of benzene rings is 1. The molecule has 0 aliphatic rings. The molecule has 26 heavy (non-hydrogen) atoms. The Kier molecular flexibility index (Phi) is 5.59. The summed E-state index contributed by atoms with van der Waals surface area (Å²) < 4.78 is 46.4. The zero-order valence-electron chi connectivity index (χ0n) is 13.9. The maximum Gasteiger partial charge on any atom is 0.422 e. The molecule has 0 saturated carbocycles. The molecule has 1 aromatic carbocycles. The number of nitrogens with one attached hydrogen (secondary N) is 1. The predicted molar refractivity (Wildman–Crippen MR) is 85.5 cm³/mol. The van der Waals surface area contributed by atoms with Crippen molar-refractivity contribution in [3.8, 4) is 5.75 Å². The minimum absolute atomic E-state index is 0.0225. The van der Waals surface area contributed by atoms with E-state index in [1.165, 1.54) is 24.5 Å². The van der Waals surface area contributed by atoms with E-state index < -0.39 is 31.1 Å². The fourth-order valence-corrected chi connectivity index (χ4v) is 2.31. The van der Waals surface area contributed by atoms with Crippen LogP contribution >= 0.6 is 0 Å². The van der Waals surface area contributed by atoms with E-state index in [-0.39, 0.29) is 17.1 Å². The molecule has 0 radical (unpaired) electrons. The van der Waals surface area contributed by atoms with Crippen LogP contribution in [0.4, 0.5) is 18.9 Å². The number of carbonyl (C=O) groups is 2. The van der Waals surface area contributed by atoms with E-state index in [1.54, 1.807) is 13.8 Å². The average molecular weight is 371 g/mol. The quantitative estimate of drug-likeness (QED) is 0.808. The normalized spacial score (nSPS) is 11.3. The molecule has 0 aliphatic heterocycles. The molecule has 6 nitrogen and oxygen atoms in total. The topological polar surface area (TPSA) is 88.8 Å². The van der Waals surface area contributed by atoms with Crippen molar-refractivity contribution < 1.29 is 37.0 Å². The summed E-state index contributed by atoms with van der Waals surface area (Å²) in [6.45, 7) is 1.73. The third kappa shape index (κ3) is 5.01. The summed E-state index contributed by atoms with van der Waals surface area (Å²) in [5.41, 5.74) is 1.32.